The van der Waals surface area contributed by atoms with Gasteiger partial charge in [-0.3, -0.25) is 4.79 Å². The highest BCUT2D eigenvalue weighted by Crippen LogP contribution is 2.21. The van der Waals surface area contributed by atoms with Crippen molar-refractivity contribution in [3.8, 4) is 0 Å². The number of carbonyl (C=O) groups is 1. The third kappa shape index (κ3) is 4.52. The number of hydrogen-bond acceptors (Lipinski definition) is 4. The number of amides is 1. The molecule has 0 aliphatic heterocycles. The second-order valence-electron chi connectivity index (χ2n) is 7.33. The van der Waals surface area contributed by atoms with E-state index in [-0.39, 0.29) is 5.91 Å². The molecule has 7 nitrogen and oxygen atoms in total. The topological polar surface area (TPSA) is 68.0 Å². The van der Waals surface area contributed by atoms with E-state index >= 15 is 0 Å². The summed E-state index contributed by atoms with van der Waals surface area (Å²) in [7, 11) is 4.14. The molecule has 4 rings (SSSR count). The van der Waals surface area contributed by atoms with E-state index in [2.05, 4.69) is 57.3 Å². The molecule has 0 spiro atoms. The first-order valence-corrected chi connectivity index (χ1v) is 9.55. The minimum atomic E-state index is -0.122. The summed E-state index contributed by atoms with van der Waals surface area (Å²) in [5, 5.41) is 8.20. The molecule has 0 aliphatic rings. The SMILES string of the molecule is CN(C)CCn1ccc2cc(NC(=O)c3ccc(Cn4cncn4)cc3)ccc21. The molecule has 29 heavy (non-hydrogen) atoms. The third-order valence-corrected chi connectivity index (χ3v) is 4.84. The maximum Gasteiger partial charge on any atom is 0.255 e. The lowest BCUT2D eigenvalue weighted by Crippen LogP contribution is -2.17. The van der Waals surface area contributed by atoms with Crippen molar-refractivity contribution < 1.29 is 4.79 Å². The lowest BCUT2D eigenvalue weighted by molar-refractivity contribution is 0.102. The number of fused-ring (bicyclic) bond motifs is 1. The highest BCUT2D eigenvalue weighted by atomic mass is 16.1. The van der Waals surface area contributed by atoms with E-state index in [0.717, 1.165) is 29.7 Å². The zero-order chi connectivity index (χ0) is 20.2. The predicted molar refractivity (Wildman–Crippen MR) is 114 cm³/mol. The Morgan fingerprint density at radius 3 is 2.66 bits per heavy atom. The molecule has 1 amide bonds. The first-order chi connectivity index (χ1) is 14.1. The fourth-order valence-electron chi connectivity index (χ4n) is 3.25. The number of carbonyl (C=O) groups excluding carboxylic acids is 1. The summed E-state index contributed by atoms with van der Waals surface area (Å²) >= 11 is 0. The van der Waals surface area contributed by atoms with Crippen LogP contribution >= 0.6 is 0 Å². The van der Waals surface area contributed by atoms with Crippen LogP contribution in [0.4, 0.5) is 5.69 Å². The van der Waals surface area contributed by atoms with Crippen LogP contribution in [0.2, 0.25) is 0 Å². The minimum Gasteiger partial charge on any atom is -0.346 e. The van der Waals surface area contributed by atoms with Crippen molar-refractivity contribution in [1.82, 2.24) is 24.2 Å². The average molecular weight is 388 g/mol. The monoisotopic (exact) mass is 388 g/mol. The molecule has 0 radical (unpaired) electrons. The van der Waals surface area contributed by atoms with Crippen molar-refractivity contribution in [3.05, 3.63) is 78.5 Å². The van der Waals surface area contributed by atoms with Gasteiger partial charge in [0.1, 0.15) is 12.7 Å². The van der Waals surface area contributed by atoms with E-state index in [1.54, 1.807) is 11.0 Å². The molecular weight excluding hydrogens is 364 g/mol. The van der Waals surface area contributed by atoms with Crippen molar-refractivity contribution in [2.75, 3.05) is 26.0 Å². The van der Waals surface area contributed by atoms with Crippen LogP contribution in [0.3, 0.4) is 0 Å². The van der Waals surface area contributed by atoms with Gasteiger partial charge in [0.05, 0.1) is 6.54 Å². The molecule has 4 aromatic rings. The van der Waals surface area contributed by atoms with Crippen LogP contribution in [0.15, 0.2) is 67.4 Å². The number of nitrogens with one attached hydrogen (secondary N) is 1. The van der Waals surface area contributed by atoms with Crippen LogP contribution in [0.5, 0.6) is 0 Å². The Morgan fingerprint density at radius 1 is 1.10 bits per heavy atom. The van der Waals surface area contributed by atoms with Gasteiger partial charge >= 0.3 is 0 Å². The largest absolute Gasteiger partial charge is 0.346 e. The molecule has 7 heteroatoms. The predicted octanol–water partition coefficient (Wildman–Crippen LogP) is 3.10. The Morgan fingerprint density at radius 2 is 1.93 bits per heavy atom. The number of hydrogen-bond donors (Lipinski definition) is 1. The maximum absolute atomic E-state index is 12.6. The average Bonchev–Trinajstić information content (AvgIpc) is 3.36. The van der Waals surface area contributed by atoms with Crippen LogP contribution in [-0.2, 0) is 13.1 Å². The molecule has 2 aromatic carbocycles. The fraction of sp³-hybridized carbons (Fsp3) is 0.227. The van der Waals surface area contributed by atoms with Crippen molar-refractivity contribution in [1.29, 1.82) is 0 Å². The maximum atomic E-state index is 12.6. The van der Waals surface area contributed by atoms with Gasteiger partial charge in [-0.25, -0.2) is 9.67 Å². The van der Waals surface area contributed by atoms with Crippen molar-refractivity contribution in [2.24, 2.45) is 0 Å². The third-order valence-electron chi connectivity index (χ3n) is 4.84. The Labute approximate surface area is 169 Å². The minimum absolute atomic E-state index is 0.122. The first-order valence-electron chi connectivity index (χ1n) is 9.55. The number of anilines is 1. The zero-order valence-electron chi connectivity index (χ0n) is 16.6. The van der Waals surface area contributed by atoms with E-state index < -0.39 is 0 Å². The molecule has 0 unspecified atom stereocenters. The fourth-order valence-corrected chi connectivity index (χ4v) is 3.25. The standard InChI is InChI=1S/C22H24N6O/c1-26(2)11-12-27-10-9-19-13-20(7-8-21(19)27)25-22(29)18-5-3-17(4-6-18)14-28-16-23-15-24-28/h3-10,13,15-16H,11-12,14H2,1-2H3,(H,25,29). The Balaban J connectivity index is 1.43. The Hall–Kier alpha value is -3.45. The van der Waals surface area contributed by atoms with Gasteiger partial charge in [0, 0.05) is 41.4 Å². The summed E-state index contributed by atoms with van der Waals surface area (Å²) < 4.78 is 3.98. The second-order valence-corrected chi connectivity index (χ2v) is 7.33. The van der Waals surface area contributed by atoms with E-state index in [1.807, 2.05) is 36.4 Å². The number of rotatable bonds is 7. The van der Waals surface area contributed by atoms with Gasteiger partial charge in [0.2, 0.25) is 0 Å². The first kappa shape index (κ1) is 18.9. The van der Waals surface area contributed by atoms with E-state index in [4.69, 9.17) is 0 Å². The smallest absolute Gasteiger partial charge is 0.255 e. The molecule has 0 aliphatic carbocycles. The van der Waals surface area contributed by atoms with E-state index in [0.29, 0.717) is 12.1 Å². The van der Waals surface area contributed by atoms with Gasteiger partial charge < -0.3 is 14.8 Å². The molecule has 0 saturated heterocycles. The summed E-state index contributed by atoms with van der Waals surface area (Å²) in [6.45, 7) is 2.54. The summed E-state index contributed by atoms with van der Waals surface area (Å²) in [4.78, 5) is 18.7. The van der Waals surface area contributed by atoms with Gasteiger partial charge in [-0.15, -0.1) is 0 Å². The van der Waals surface area contributed by atoms with Crippen LogP contribution in [-0.4, -0.2) is 50.8 Å². The summed E-state index contributed by atoms with van der Waals surface area (Å²) in [5.41, 5.74) is 3.64. The van der Waals surface area contributed by atoms with Gasteiger partial charge in [-0.2, -0.15) is 5.10 Å². The van der Waals surface area contributed by atoms with Crippen LogP contribution in [0.25, 0.3) is 10.9 Å². The number of nitrogens with zero attached hydrogens (tertiary/aromatic N) is 5. The molecule has 0 atom stereocenters. The van der Waals surface area contributed by atoms with E-state index in [1.165, 1.54) is 11.8 Å². The highest BCUT2D eigenvalue weighted by Gasteiger charge is 2.08. The lowest BCUT2D eigenvalue weighted by Gasteiger charge is -2.11. The molecule has 0 fully saturated rings. The number of likely N-dealkylation sites (N-methyl/N-ethyl adjacent to an activating group) is 1. The molecule has 148 valence electrons. The molecule has 2 aromatic heterocycles. The Kier molecular flexibility index (Phi) is 5.39. The van der Waals surface area contributed by atoms with Crippen molar-refractivity contribution >= 4 is 22.5 Å². The molecule has 0 bridgehead atoms. The normalized spacial score (nSPS) is 11.3. The van der Waals surface area contributed by atoms with Gasteiger partial charge in [0.25, 0.3) is 5.91 Å². The van der Waals surface area contributed by atoms with Crippen LogP contribution in [0, 0.1) is 0 Å². The van der Waals surface area contributed by atoms with Crippen molar-refractivity contribution in [3.63, 3.8) is 0 Å². The number of aromatic nitrogens is 4. The van der Waals surface area contributed by atoms with Crippen LogP contribution < -0.4 is 5.32 Å². The van der Waals surface area contributed by atoms with Crippen LogP contribution in [0.1, 0.15) is 15.9 Å². The Bertz CT molecular complexity index is 1100. The quantitative estimate of drug-likeness (QED) is 0.528. The van der Waals surface area contributed by atoms with Gasteiger partial charge in [-0.05, 0) is 56.1 Å². The zero-order valence-corrected chi connectivity index (χ0v) is 16.6. The molecule has 0 saturated carbocycles. The lowest BCUT2D eigenvalue weighted by atomic mass is 10.1. The summed E-state index contributed by atoms with van der Waals surface area (Å²) in [5.74, 6) is -0.122. The van der Waals surface area contributed by atoms with Crippen molar-refractivity contribution in [2.45, 2.75) is 13.1 Å². The molecule has 1 N–H and O–H groups in total. The summed E-state index contributed by atoms with van der Waals surface area (Å²) in [6, 6.07) is 15.6. The molecule has 2 heterocycles. The molecular formula is C22H24N6O. The highest BCUT2D eigenvalue weighted by molar-refractivity contribution is 6.05. The summed E-state index contributed by atoms with van der Waals surface area (Å²) in [6.07, 6.45) is 5.27. The second kappa shape index (κ2) is 8.28. The van der Waals surface area contributed by atoms with E-state index in [9.17, 15) is 4.79 Å². The van der Waals surface area contributed by atoms with Gasteiger partial charge in [0.15, 0.2) is 0 Å². The van der Waals surface area contributed by atoms with Gasteiger partial charge in [-0.1, -0.05) is 12.1 Å². The number of benzene rings is 2.